The number of rotatable bonds is 8. The zero-order valence-electron chi connectivity index (χ0n) is 22.6. The second-order valence-corrected chi connectivity index (χ2v) is 11.8. The lowest BCUT2D eigenvalue weighted by molar-refractivity contribution is -0.139. The summed E-state index contributed by atoms with van der Waals surface area (Å²) in [6, 6.07) is 28.7. The van der Waals surface area contributed by atoms with Crippen LogP contribution in [0, 0.1) is 3.57 Å². The molecule has 0 spiro atoms. The highest BCUT2D eigenvalue weighted by Gasteiger charge is 2.24. The predicted octanol–water partition coefficient (Wildman–Crippen LogP) is 6.93. The number of carbonyl (C=O) groups is 3. The van der Waals surface area contributed by atoms with Gasteiger partial charge < -0.3 is 15.7 Å². The van der Waals surface area contributed by atoms with Crippen LogP contribution in [0.25, 0.3) is 11.1 Å². The van der Waals surface area contributed by atoms with Gasteiger partial charge in [0.05, 0.1) is 11.3 Å². The zero-order valence-corrected chi connectivity index (χ0v) is 24.7. The van der Waals surface area contributed by atoms with Gasteiger partial charge in [0.1, 0.15) is 6.04 Å². The van der Waals surface area contributed by atoms with Crippen LogP contribution in [0.5, 0.6) is 0 Å². The van der Waals surface area contributed by atoms with Crippen molar-refractivity contribution >= 4 is 46.1 Å². The predicted molar refractivity (Wildman–Crippen MR) is 167 cm³/mol. The van der Waals surface area contributed by atoms with Gasteiger partial charge in [0.2, 0.25) is 0 Å². The summed E-state index contributed by atoms with van der Waals surface area (Å²) >= 11 is 2.08. The first-order chi connectivity index (χ1) is 19.0. The average Bonchev–Trinajstić information content (AvgIpc) is 2.94. The summed E-state index contributed by atoms with van der Waals surface area (Å²) in [5, 5.41) is 15.3. The van der Waals surface area contributed by atoms with E-state index in [1.165, 1.54) is 0 Å². The van der Waals surface area contributed by atoms with E-state index in [2.05, 4.69) is 54.0 Å². The molecule has 1 unspecified atom stereocenters. The summed E-state index contributed by atoms with van der Waals surface area (Å²) in [6.07, 6.45) is 0.113. The fourth-order valence-corrected chi connectivity index (χ4v) is 4.76. The van der Waals surface area contributed by atoms with Crippen molar-refractivity contribution in [2.45, 2.75) is 38.6 Å². The summed E-state index contributed by atoms with van der Waals surface area (Å²) in [5.74, 6) is -2.08. The number of carboxylic acids is 1. The van der Waals surface area contributed by atoms with Crippen molar-refractivity contribution in [3.63, 3.8) is 0 Å². The maximum atomic E-state index is 13.3. The van der Waals surface area contributed by atoms with Crippen LogP contribution in [-0.2, 0) is 16.6 Å². The van der Waals surface area contributed by atoms with Crippen LogP contribution in [0.15, 0.2) is 97.1 Å². The summed E-state index contributed by atoms with van der Waals surface area (Å²) in [4.78, 5) is 38.4. The molecule has 0 radical (unpaired) electrons. The first kappa shape index (κ1) is 29.0. The summed E-state index contributed by atoms with van der Waals surface area (Å²) in [6.45, 7) is 6.30. The number of benzene rings is 4. The van der Waals surface area contributed by atoms with E-state index in [9.17, 15) is 19.5 Å². The quantitative estimate of drug-likeness (QED) is 0.181. The molecule has 40 heavy (non-hydrogen) atoms. The summed E-state index contributed by atoms with van der Waals surface area (Å²) < 4.78 is 0.777. The molecule has 0 aliphatic heterocycles. The van der Waals surface area contributed by atoms with Gasteiger partial charge in [0.15, 0.2) is 0 Å². The number of aliphatic carboxylic acids is 1. The minimum atomic E-state index is -1.15. The van der Waals surface area contributed by atoms with E-state index in [1.807, 2.05) is 66.7 Å². The molecule has 2 amide bonds. The third-order valence-electron chi connectivity index (χ3n) is 6.59. The van der Waals surface area contributed by atoms with Crippen molar-refractivity contribution in [2.75, 3.05) is 5.32 Å². The number of amides is 2. The number of anilines is 1. The molecule has 6 nitrogen and oxygen atoms in total. The summed E-state index contributed by atoms with van der Waals surface area (Å²) in [7, 11) is 0. The Morgan fingerprint density at radius 2 is 1.43 bits per heavy atom. The van der Waals surface area contributed by atoms with Gasteiger partial charge in [-0.3, -0.25) is 9.59 Å². The molecule has 204 valence electrons. The lowest BCUT2D eigenvalue weighted by Gasteiger charge is -2.19. The molecular formula is C33H31IN2O4. The molecule has 0 bridgehead atoms. The molecule has 0 heterocycles. The van der Waals surface area contributed by atoms with Crippen molar-refractivity contribution in [1.29, 1.82) is 0 Å². The summed E-state index contributed by atoms with van der Waals surface area (Å²) in [5.41, 5.74) is 4.89. The van der Waals surface area contributed by atoms with Gasteiger partial charge in [-0.05, 0) is 80.6 Å². The lowest BCUT2D eigenvalue weighted by Crippen LogP contribution is -2.42. The fourth-order valence-electron chi connectivity index (χ4n) is 4.27. The Hall–Kier alpha value is -3.98. The van der Waals surface area contributed by atoms with E-state index in [0.717, 1.165) is 25.8 Å². The topological polar surface area (TPSA) is 95.5 Å². The van der Waals surface area contributed by atoms with Crippen molar-refractivity contribution in [1.82, 2.24) is 5.32 Å². The highest BCUT2D eigenvalue weighted by Crippen LogP contribution is 2.24. The van der Waals surface area contributed by atoms with Gasteiger partial charge in [0.25, 0.3) is 11.8 Å². The van der Waals surface area contributed by atoms with Gasteiger partial charge in [-0.15, -0.1) is 0 Å². The standard InChI is InChI=1S/C33H31IN2O4/c1-33(2,3)25-15-13-24(14-16-25)30(37)35-28-18-17-26(34)20-27(28)31(38)36-29(32(39)40)19-21-9-11-23(12-10-21)22-7-5-4-6-8-22/h4-18,20,29H,19H2,1-3H3,(H,35,37)(H,36,38)(H,39,40). The van der Waals surface area contributed by atoms with E-state index in [1.54, 1.807) is 30.3 Å². The monoisotopic (exact) mass is 646 g/mol. The molecule has 0 saturated carbocycles. The van der Waals surface area contributed by atoms with E-state index < -0.39 is 17.9 Å². The van der Waals surface area contributed by atoms with Gasteiger partial charge in [-0.2, -0.15) is 0 Å². The number of hydrogen-bond donors (Lipinski definition) is 3. The average molecular weight is 647 g/mol. The highest BCUT2D eigenvalue weighted by atomic mass is 127. The maximum Gasteiger partial charge on any atom is 0.326 e. The van der Waals surface area contributed by atoms with E-state index in [4.69, 9.17) is 0 Å². The number of hydrogen-bond acceptors (Lipinski definition) is 3. The van der Waals surface area contributed by atoms with Crippen molar-refractivity contribution in [2.24, 2.45) is 0 Å². The van der Waals surface area contributed by atoms with Crippen LogP contribution in [0.3, 0.4) is 0 Å². The minimum Gasteiger partial charge on any atom is -0.480 e. The van der Waals surface area contributed by atoms with Crippen molar-refractivity contribution in [3.8, 4) is 11.1 Å². The van der Waals surface area contributed by atoms with E-state index in [-0.39, 0.29) is 23.3 Å². The number of halogens is 1. The molecule has 4 rings (SSSR count). The Kier molecular flexibility index (Phi) is 9.04. The number of carbonyl (C=O) groups excluding carboxylic acids is 2. The third-order valence-corrected chi connectivity index (χ3v) is 7.26. The Morgan fingerprint density at radius 3 is 2.02 bits per heavy atom. The molecular weight excluding hydrogens is 615 g/mol. The molecule has 4 aromatic carbocycles. The SMILES string of the molecule is CC(C)(C)c1ccc(C(=O)Nc2ccc(I)cc2C(=O)NC(Cc2ccc(-c3ccccc3)cc2)C(=O)O)cc1. The second kappa shape index (κ2) is 12.5. The molecule has 0 saturated heterocycles. The lowest BCUT2D eigenvalue weighted by atomic mass is 9.86. The normalized spacial score (nSPS) is 11.9. The van der Waals surface area contributed by atoms with E-state index >= 15 is 0 Å². The Morgan fingerprint density at radius 1 is 0.800 bits per heavy atom. The van der Waals surface area contributed by atoms with Gasteiger partial charge >= 0.3 is 5.97 Å². The van der Waals surface area contributed by atoms with Crippen molar-refractivity contribution in [3.05, 3.63) is 123 Å². The highest BCUT2D eigenvalue weighted by molar-refractivity contribution is 14.1. The number of carboxylic acid groups (broad SMARTS) is 1. The van der Waals surface area contributed by atoms with Gasteiger partial charge in [-0.1, -0.05) is 87.5 Å². The van der Waals surface area contributed by atoms with E-state index in [0.29, 0.717) is 11.3 Å². The molecule has 0 aromatic heterocycles. The molecule has 0 aliphatic carbocycles. The first-order valence-electron chi connectivity index (χ1n) is 12.9. The van der Waals surface area contributed by atoms with Crippen LogP contribution in [-0.4, -0.2) is 28.9 Å². The first-order valence-corrected chi connectivity index (χ1v) is 14.0. The molecule has 4 aromatic rings. The van der Waals surface area contributed by atoms with Gasteiger partial charge in [0, 0.05) is 15.6 Å². The molecule has 3 N–H and O–H groups in total. The molecule has 0 fully saturated rings. The van der Waals surface area contributed by atoms with Crippen LogP contribution >= 0.6 is 22.6 Å². The maximum absolute atomic E-state index is 13.3. The molecule has 7 heteroatoms. The smallest absolute Gasteiger partial charge is 0.326 e. The zero-order chi connectivity index (χ0) is 28.9. The Balaban J connectivity index is 1.49. The van der Waals surface area contributed by atoms with Crippen molar-refractivity contribution < 1.29 is 19.5 Å². The Bertz CT molecular complexity index is 1510. The number of nitrogens with one attached hydrogen (secondary N) is 2. The third kappa shape index (κ3) is 7.35. The Labute approximate surface area is 248 Å². The van der Waals surface area contributed by atoms with Crippen LogP contribution < -0.4 is 10.6 Å². The second-order valence-electron chi connectivity index (χ2n) is 10.6. The van der Waals surface area contributed by atoms with Crippen LogP contribution in [0.4, 0.5) is 5.69 Å². The van der Waals surface area contributed by atoms with Crippen LogP contribution in [0.1, 0.15) is 52.6 Å². The van der Waals surface area contributed by atoms with Gasteiger partial charge in [-0.25, -0.2) is 4.79 Å². The fraction of sp³-hybridized carbons (Fsp3) is 0.182. The minimum absolute atomic E-state index is 0.0407. The molecule has 0 aliphatic rings. The molecule has 1 atom stereocenters. The van der Waals surface area contributed by atoms with Crippen LogP contribution in [0.2, 0.25) is 0 Å². The largest absolute Gasteiger partial charge is 0.480 e.